The minimum atomic E-state index is 0.410. The highest BCUT2D eigenvalue weighted by Gasteiger charge is 2.29. The molecule has 0 atom stereocenters. The van der Waals surface area contributed by atoms with Gasteiger partial charge in [0.15, 0.2) is 17.4 Å². The molecule has 3 rings (SSSR count). The number of nitrogens with zero attached hydrogens (tertiary/aromatic N) is 3. The maximum absolute atomic E-state index is 5.56. The highest BCUT2D eigenvalue weighted by Crippen LogP contribution is 2.38. The van der Waals surface area contributed by atoms with Crippen LogP contribution in [-0.2, 0) is 13.6 Å². The molecule has 1 fully saturated rings. The third-order valence-corrected chi connectivity index (χ3v) is 2.81. The second kappa shape index (κ2) is 3.45. The van der Waals surface area contributed by atoms with Crippen LogP contribution in [0.5, 0.6) is 0 Å². The average molecular weight is 218 g/mol. The van der Waals surface area contributed by atoms with Gasteiger partial charge in [0.1, 0.15) is 5.76 Å². The van der Waals surface area contributed by atoms with Crippen LogP contribution >= 0.6 is 0 Å². The van der Waals surface area contributed by atoms with E-state index in [2.05, 4.69) is 10.1 Å². The molecule has 5 heteroatoms. The molecule has 1 saturated carbocycles. The summed E-state index contributed by atoms with van der Waals surface area (Å²) in [6.07, 6.45) is 2.41. The van der Waals surface area contributed by atoms with Crippen molar-refractivity contribution < 1.29 is 4.42 Å². The number of aryl methyl sites for hydroxylation is 1. The van der Waals surface area contributed by atoms with Crippen LogP contribution in [0.2, 0.25) is 0 Å². The number of hydrogen-bond donors (Lipinski definition) is 1. The highest BCUT2D eigenvalue weighted by molar-refractivity contribution is 5.47. The third kappa shape index (κ3) is 1.53. The molecule has 0 spiro atoms. The summed E-state index contributed by atoms with van der Waals surface area (Å²) in [6, 6.07) is 3.77. The molecule has 0 aromatic carbocycles. The van der Waals surface area contributed by atoms with Crippen LogP contribution in [-0.4, -0.2) is 14.8 Å². The van der Waals surface area contributed by atoms with Crippen molar-refractivity contribution in [1.29, 1.82) is 0 Å². The van der Waals surface area contributed by atoms with Gasteiger partial charge in [0.25, 0.3) is 0 Å². The predicted octanol–water partition coefficient (Wildman–Crippen LogP) is 1.41. The molecule has 0 amide bonds. The van der Waals surface area contributed by atoms with E-state index in [0.29, 0.717) is 12.5 Å². The van der Waals surface area contributed by atoms with Gasteiger partial charge in [-0.1, -0.05) is 0 Å². The number of hydrogen-bond acceptors (Lipinski definition) is 4. The first-order chi connectivity index (χ1) is 7.78. The smallest absolute Gasteiger partial charge is 0.194 e. The van der Waals surface area contributed by atoms with E-state index >= 15 is 0 Å². The van der Waals surface area contributed by atoms with Crippen molar-refractivity contribution in [3.8, 4) is 11.6 Å². The zero-order chi connectivity index (χ0) is 11.1. The van der Waals surface area contributed by atoms with E-state index in [1.165, 1.54) is 12.8 Å². The van der Waals surface area contributed by atoms with Crippen molar-refractivity contribution in [3.63, 3.8) is 0 Å². The van der Waals surface area contributed by atoms with E-state index in [0.717, 1.165) is 23.2 Å². The molecule has 1 aliphatic rings. The molecule has 0 bridgehead atoms. The van der Waals surface area contributed by atoms with Gasteiger partial charge >= 0.3 is 0 Å². The molecule has 2 aromatic rings. The summed E-state index contributed by atoms with van der Waals surface area (Å²) in [7, 11) is 1.89. The van der Waals surface area contributed by atoms with Crippen LogP contribution < -0.4 is 5.73 Å². The van der Waals surface area contributed by atoms with Crippen molar-refractivity contribution in [3.05, 3.63) is 23.7 Å². The van der Waals surface area contributed by atoms with Gasteiger partial charge in [-0.25, -0.2) is 9.67 Å². The van der Waals surface area contributed by atoms with Crippen LogP contribution in [0, 0.1) is 0 Å². The molecule has 16 heavy (non-hydrogen) atoms. The molecule has 0 saturated heterocycles. The minimum absolute atomic E-state index is 0.410. The van der Waals surface area contributed by atoms with Crippen LogP contribution in [0.25, 0.3) is 11.6 Å². The largest absolute Gasteiger partial charge is 0.456 e. The number of aromatic nitrogens is 3. The Morgan fingerprint density at radius 2 is 2.31 bits per heavy atom. The molecular formula is C11H14N4O. The van der Waals surface area contributed by atoms with Gasteiger partial charge in [0, 0.05) is 13.0 Å². The molecule has 0 radical (unpaired) electrons. The summed E-state index contributed by atoms with van der Waals surface area (Å²) in [4.78, 5) is 4.51. The summed E-state index contributed by atoms with van der Waals surface area (Å²) in [5, 5.41) is 4.40. The predicted molar refractivity (Wildman–Crippen MR) is 58.6 cm³/mol. The van der Waals surface area contributed by atoms with Gasteiger partial charge in [-0.15, -0.1) is 0 Å². The van der Waals surface area contributed by atoms with Gasteiger partial charge in [-0.05, 0) is 25.0 Å². The third-order valence-electron chi connectivity index (χ3n) is 2.81. The Bertz CT molecular complexity index is 510. The fraction of sp³-hybridized carbons (Fsp3) is 0.455. The van der Waals surface area contributed by atoms with Crippen molar-refractivity contribution in [2.45, 2.75) is 25.3 Å². The molecule has 2 heterocycles. The second-order valence-corrected chi connectivity index (χ2v) is 4.16. The molecule has 0 unspecified atom stereocenters. The lowest BCUT2D eigenvalue weighted by Crippen LogP contribution is -1.94. The number of rotatable bonds is 3. The Kier molecular flexibility index (Phi) is 2.07. The van der Waals surface area contributed by atoms with Crippen molar-refractivity contribution in [1.82, 2.24) is 14.8 Å². The van der Waals surface area contributed by atoms with Crippen LogP contribution in [0.3, 0.4) is 0 Å². The van der Waals surface area contributed by atoms with E-state index in [-0.39, 0.29) is 0 Å². The molecule has 2 aromatic heterocycles. The zero-order valence-electron chi connectivity index (χ0n) is 9.18. The lowest BCUT2D eigenvalue weighted by atomic mass is 10.4. The maximum Gasteiger partial charge on any atom is 0.194 e. The molecule has 1 aliphatic carbocycles. The van der Waals surface area contributed by atoms with E-state index in [4.69, 9.17) is 10.2 Å². The van der Waals surface area contributed by atoms with E-state index in [1.807, 2.05) is 19.2 Å². The monoisotopic (exact) mass is 218 g/mol. The highest BCUT2D eigenvalue weighted by atomic mass is 16.3. The standard InChI is InChI=1S/C11H14N4O/c1-15-11(9-5-4-8(6-12)16-9)13-10(14-15)7-2-3-7/h4-5,7H,2-3,6,12H2,1H3. The first-order valence-corrected chi connectivity index (χ1v) is 5.48. The number of furan rings is 1. The van der Waals surface area contributed by atoms with E-state index in [9.17, 15) is 0 Å². The summed E-state index contributed by atoms with van der Waals surface area (Å²) in [6.45, 7) is 0.410. The van der Waals surface area contributed by atoms with Gasteiger partial charge in [-0.2, -0.15) is 5.10 Å². The van der Waals surface area contributed by atoms with Crippen LogP contribution in [0.4, 0.5) is 0 Å². The van der Waals surface area contributed by atoms with E-state index < -0.39 is 0 Å². The Hall–Kier alpha value is -1.62. The van der Waals surface area contributed by atoms with Gasteiger partial charge in [0.05, 0.1) is 6.54 Å². The Morgan fingerprint density at radius 1 is 1.50 bits per heavy atom. The summed E-state index contributed by atoms with van der Waals surface area (Å²) in [5.74, 6) is 3.78. The first kappa shape index (κ1) is 9.59. The van der Waals surface area contributed by atoms with Gasteiger partial charge < -0.3 is 10.2 Å². The fourth-order valence-corrected chi connectivity index (χ4v) is 1.74. The Labute approximate surface area is 93.3 Å². The SMILES string of the molecule is Cn1nc(C2CC2)nc1-c1ccc(CN)o1. The normalized spacial score (nSPS) is 15.6. The summed E-state index contributed by atoms with van der Waals surface area (Å²) in [5.41, 5.74) is 5.51. The lowest BCUT2D eigenvalue weighted by Gasteiger charge is -1.94. The molecule has 2 N–H and O–H groups in total. The topological polar surface area (TPSA) is 69.9 Å². The summed E-state index contributed by atoms with van der Waals surface area (Å²) >= 11 is 0. The van der Waals surface area contributed by atoms with Gasteiger partial charge in [-0.3, -0.25) is 0 Å². The maximum atomic E-state index is 5.56. The second-order valence-electron chi connectivity index (χ2n) is 4.16. The van der Waals surface area contributed by atoms with Crippen LogP contribution in [0.15, 0.2) is 16.5 Å². The number of nitrogens with two attached hydrogens (primary N) is 1. The zero-order valence-corrected chi connectivity index (χ0v) is 9.18. The minimum Gasteiger partial charge on any atom is -0.456 e. The average Bonchev–Trinajstić information content (AvgIpc) is 2.89. The Morgan fingerprint density at radius 3 is 2.94 bits per heavy atom. The van der Waals surface area contributed by atoms with Crippen molar-refractivity contribution in [2.24, 2.45) is 12.8 Å². The Balaban J connectivity index is 1.98. The molecule has 5 nitrogen and oxygen atoms in total. The lowest BCUT2D eigenvalue weighted by molar-refractivity contribution is 0.518. The summed E-state index contributed by atoms with van der Waals surface area (Å²) < 4.78 is 7.34. The quantitative estimate of drug-likeness (QED) is 0.845. The first-order valence-electron chi connectivity index (χ1n) is 5.48. The van der Waals surface area contributed by atoms with Gasteiger partial charge in [0.2, 0.25) is 0 Å². The molecule has 84 valence electrons. The fourth-order valence-electron chi connectivity index (χ4n) is 1.74. The molecule has 0 aliphatic heterocycles. The van der Waals surface area contributed by atoms with Crippen molar-refractivity contribution >= 4 is 0 Å². The van der Waals surface area contributed by atoms with Crippen molar-refractivity contribution in [2.75, 3.05) is 0 Å². The van der Waals surface area contributed by atoms with Crippen LogP contribution in [0.1, 0.15) is 30.3 Å². The van der Waals surface area contributed by atoms with E-state index in [1.54, 1.807) is 4.68 Å². The molecular weight excluding hydrogens is 204 g/mol.